The summed E-state index contributed by atoms with van der Waals surface area (Å²) in [6.07, 6.45) is 2.35. The molecule has 110 valence electrons. The first-order valence-corrected chi connectivity index (χ1v) is 7.06. The lowest BCUT2D eigenvalue weighted by Crippen LogP contribution is -2.47. The Morgan fingerprint density at radius 3 is 2.47 bits per heavy atom. The topological polar surface area (TPSA) is 105 Å². The molecule has 0 radical (unpaired) electrons. The van der Waals surface area contributed by atoms with E-state index in [0.29, 0.717) is 11.8 Å². The second-order valence-electron chi connectivity index (χ2n) is 3.91. The normalized spacial score (nSPS) is 13.2. The number of aliphatic carboxylic acids is 1. The van der Waals surface area contributed by atoms with E-state index in [9.17, 15) is 14.4 Å². The molecule has 0 aliphatic heterocycles. The van der Waals surface area contributed by atoms with Crippen LogP contribution in [0.2, 0.25) is 0 Å². The van der Waals surface area contributed by atoms with E-state index >= 15 is 0 Å². The summed E-state index contributed by atoms with van der Waals surface area (Å²) >= 11 is 1.68. The Labute approximate surface area is 116 Å². The zero-order valence-corrected chi connectivity index (χ0v) is 12.1. The van der Waals surface area contributed by atoms with Gasteiger partial charge in [-0.2, -0.15) is 11.8 Å². The van der Waals surface area contributed by atoms with Crippen molar-refractivity contribution in [2.45, 2.75) is 31.1 Å². The van der Waals surface area contributed by atoms with Crippen LogP contribution in [0, 0.1) is 0 Å². The number of rotatable bonds is 8. The predicted octanol–water partition coefficient (Wildman–Crippen LogP) is 0.444. The van der Waals surface area contributed by atoms with Crippen molar-refractivity contribution in [2.24, 2.45) is 0 Å². The lowest BCUT2D eigenvalue weighted by Gasteiger charge is -2.14. The molecule has 0 heterocycles. The van der Waals surface area contributed by atoms with E-state index < -0.39 is 30.4 Å². The fourth-order valence-electron chi connectivity index (χ4n) is 1.17. The zero-order valence-electron chi connectivity index (χ0n) is 11.3. The molecule has 0 aliphatic carbocycles. The Bertz CT molecular complexity index is 324. The van der Waals surface area contributed by atoms with Gasteiger partial charge in [-0.1, -0.05) is 6.92 Å². The van der Waals surface area contributed by atoms with E-state index in [1.54, 1.807) is 11.8 Å². The van der Waals surface area contributed by atoms with Gasteiger partial charge in [0.25, 0.3) is 0 Å². The molecule has 0 aromatic carbocycles. The summed E-state index contributed by atoms with van der Waals surface area (Å²) in [4.78, 5) is 33.3. The Kier molecular flexibility index (Phi) is 8.77. The van der Waals surface area contributed by atoms with Crippen molar-refractivity contribution >= 4 is 29.7 Å². The van der Waals surface area contributed by atoms with Gasteiger partial charge in [0, 0.05) is 11.8 Å². The Morgan fingerprint density at radius 1 is 1.37 bits per heavy atom. The van der Waals surface area contributed by atoms with Gasteiger partial charge in [-0.25, -0.2) is 9.59 Å². The molecular formula is C11H20N2O5S. The van der Waals surface area contributed by atoms with E-state index in [0.717, 1.165) is 13.5 Å². The summed E-state index contributed by atoms with van der Waals surface area (Å²) in [6.45, 7) is 2.47. The van der Waals surface area contributed by atoms with Crippen LogP contribution in [-0.4, -0.2) is 54.3 Å². The minimum absolute atomic E-state index is 0.402. The Hall–Kier alpha value is -1.44. The molecule has 0 spiro atoms. The number of nitrogens with one attached hydrogen (secondary N) is 2. The number of esters is 1. The van der Waals surface area contributed by atoms with Gasteiger partial charge in [0.05, 0.1) is 13.5 Å². The fraction of sp³-hybridized carbons (Fsp3) is 0.727. The lowest BCUT2D eigenvalue weighted by atomic mass is 10.2. The molecule has 2 amide bonds. The molecule has 0 saturated heterocycles. The van der Waals surface area contributed by atoms with Crippen LogP contribution >= 0.6 is 11.8 Å². The zero-order chi connectivity index (χ0) is 14.8. The van der Waals surface area contributed by atoms with Crippen LogP contribution in [0.1, 0.15) is 19.8 Å². The standard InChI is InChI=1S/C11H20N2O5S/c1-7(19-3)4-5-12-11(17)13-8(10(15)16)6-9(14)18-2/h7-8H,4-6H2,1-3H3,(H,15,16)(H2,12,13,17)/t7?,8-/m0/s1. The molecule has 1 unspecified atom stereocenters. The molecule has 0 bridgehead atoms. The molecule has 0 aliphatic rings. The van der Waals surface area contributed by atoms with Gasteiger partial charge in [0.15, 0.2) is 0 Å². The smallest absolute Gasteiger partial charge is 0.326 e. The number of carbonyl (C=O) groups excluding carboxylic acids is 2. The lowest BCUT2D eigenvalue weighted by molar-refractivity contribution is -0.147. The molecule has 19 heavy (non-hydrogen) atoms. The summed E-state index contributed by atoms with van der Waals surface area (Å²) in [7, 11) is 1.16. The number of carboxylic acid groups (broad SMARTS) is 1. The number of methoxy groups -OCH3 is 1. The van der Waals surface area contributed by atoms with E-state index in [1.165, 1.54) is 0 Å². The molecule has 0 aromatic heterocycles. The van der Waals surface area contributed by atoms with Crippen molar-refractivity contribution < 1.29 is 24.2 Å². The van der Waals surface area contributed by atoms with Crippen molar-refractivity contribution in [1.29, 1.82) is 0 Å². The third kappa shape index (κ3) is 8.30. The van der Waals surface area contributed by atoms with Crippen molar-refractivity contribution in [3.8, 4) is 0 Å². The molecule has 2 atom stereocenters. The number of carbonyl (C=O) groups is 3. The highest BCUT2D eigenvalue weighted by molar-refractivity contribution is 7.99. The van der Waals surface area contributed by atoms with Crippen LogP contribution < -0.4 is 10.6 Å². The van der Waals surface area contributed by atoms with Crippen LogP contribution in [0.3, 0.4) is 0 Å². The summed E-state index contributed by atoms with van der Waals surface area (Å²) in [5.41, 5.74) is 0. The predicted molar refractivity (Wildman–Crippen MR) is 72.2 cm³/mol. The number of ether oxygens (including phenoxy) is 1. The highest BCUT2D eigenvalue weighted by Gasteiger charge is 2.23. The average Bonchev–Trinajstić information content (AvgIpc) is 2.37. The van der Waals surface area contributed by atoms with Crippen LogP contribution in [-0.2, 0) is 14.3 Å². The molecule has 7 nitrogen and oxygen atoms in total. The minimum Gasteiger partial charge on any atom is -0.480 e. The van der Waals surface area contributed by atoms with Gasteiger partial charge in [-0.15, -0.1) is 0 Å². The Balaban J connectivity index is 4.10. The third-order valence-electron chi connectivity index (χ3n) is 2.44. The van der Waals surface area contributed by atoms with Gasteiger partial charge in [0.2, 0.25) is 0 Å². The second kappa shape index (κ2) is 9.48. The first-order valence-electron chi connectivity index (χ1n) is 5.77. The molecule has 3 N–H and O–H groups in total. The van der Waals surface area contributed by atoms with Crippen LogP contribution in [0.4, 0.5) is 4.79 Å². The maximum atomic E-state index is 11.5. The minimum atomic E-state index is -1.29. The summed E-state index contributed by atoms with van der Waals surface area (Å²) < 4.78 is 4.36. The fourth-order valence-corrected chi connectivity index (χ4v) is 1.52. The van der Waals surface area contributed by atoms with E-state index in [2.05, 4.69) is 15.4 Å². The van der Waals surface area contributed by atoms with Gasteiger partial charge in [-0.05, 0) is 12.7 Å². The van der Waals surface area contributed by atoms with Crippen molar-refractivity contribution in [3.05, 3.63) is 0 Å². The van der Waals surface area contributed by atoms with Crippen molar-refractivity contribution in [3.63, 3.8) is 0 Å². The van der Waals surface area contributed by atoms with E-state index in [1.807, 2.05) is 13.2 Å². The maximum absolute atomic E-state index is 11.5. The van der Waals surface area contributed by atoms with Crippen LogP contribution in [0.25, 0.3) is 0 Å². The monoisotopic (exact) mass is 292 g/mol. The van der Waals surface area contributed by atoms with Crippen LogP contribution in [0.15, 0.2) is 0 Å². The first-order chi connectivity index (χ1) is 8.90. The molecule has 0 fully saturated rings. The number of hydrogen-bond acceptors (Lipinski definition) is 5. The highest BCUT2D eigenvalue weighted by Crippen LogP contribution is 2.07. The largest absolute Gasteiger partial charge is 0.480 e. The highest BCUT2D eigenvalue weighted by atomic mass is 32.2. The number of thioether (sulfide) groups is 1. The van der Waals surface area contributed by atoms with Gasteiger partial charge >= 0.3 is 18.0 Å². The van der Waals surface area contributed by atoms with Gasteiger partial charge in [-0.3, -0.25) is 4.79 Å². The Morgan fingerprint density at radius 2 is 2.00 bits per heavy atom. The van der Waals surface area contributed by atoms with Crippen LogP contribution in [0.5, 0.6) is 0 Å². The van der Waals surface area contributed by atoms with Crippen molar-refractivity contribution in [1.82, 2.24) is 10.6 Å². The van der Waals surface area contributed by atoms with Gasteiger partial charge < -0.3 is 20.5 Å². The van der Waals surface area contributed by atoms with Crippen molar-refractivity contribution in [2.75, 3.05) is 19.9 Å². The molecule has 0 saturated carbocycles. The SMILES string of the molecule is COC(=O)C[C@H](NC(=O)NCCC(C)SC)C(=O)O. The number of hydrogen-bond donors (Lipinski definition) is 3. The summed E-state index contributed by atoms with van der Waals surface area (Å²) in [6, 6.07) is -1.89. The first kappa shape index (κ1) is 17.6. The molecule has 0 rings (SSSR count). The number of amides is 2. The second-order valence-corrected chi connectivity index (χ2v) is 5.18. The maximum Gasteiger partial charge on any atom is 0.326 e. The molecular weight excluding hydrogens is 272 g/mol. The molecule has 8 heteroatoms. The summed E-state index contributed by atoms with van der Waals surface area (Å²) in [5.74, 6) is -1.97. The van der Waals surface area contributed by atoms with Gasteiger partial charge in [0.1, 0.15) is 6.04 Å². The quantitative estimate of drug-likeness (QED) is 0.561. The average molecular weight is 292 g/mol. The van der Waals surface area contributed by atoms with E-state index in [-0.39, 0.29) is 0 Å². The molecule has 0 aromatic rings. The number of urea groups is 1. The van der Waals surface area contributed by atoms with E-state index in [4.69, 9.17) is 5.11 Å². The summed E-state index contributed by atoms with van der Waals surface area (Å²) in [5, 5.41) is 14.0. The number of carboxylic acids is 1. The third-order valence-corrected chi connectivity index (χ3v) is 3.48.